The van der Waals surface area contributed by atoms with Crippen LogP contribution in [0.25, 0.3) is 0 Å². The largest absolute Gasteiger partial charge is 0.352 e. The Labute approximate surface area is 84.8 Å². The van der Waals surface area contributed by atoms with Gasteiger partial charge in [0.2, 0.25) is 5.91 Å². The van der Waals surface area contributed by atoms with Gasteiger partial charge in [-0.1, -0.05) is 0 Å². The first-order chi connectivity index (χ1) is 6.86. The van der Waals surface area contributed by atoms with Crippen LogP contribution in [0.5, 0.6) is 0 Å². The van der Waals surface area contributed by atoms with Gasteiger partial charge in [-0.25, -0.2) is 0 Å². The van der Waals surface area contributed by atoms with Crippen molar-refractivity contribution in [2.75, 3.05) is 26.2 Å². The van der Waals surface area contributed by atoms with Gasteiger partial charge in [-0.3, -0.25) is 4.79 Å². The van der Waals surface area contributed by atoms with E-state index in [0.717, 1.165) is 39.0 Å². The number of hydrogen-bond acceptors (Lipinski definition) is 3. The molecule has 2 aliphatic heterocycles. The molecule has 2 aliphatic rings. The molecule has 3 N–H and O–H groups in total. The van der Waals surface area contributed by atoms with Crippen LogP contribution in [0.3, 0.4) is 0 Å². The van der Waals surface area contributed by atoms with Crippen LogP contribution in [-0.2, 0) is 4.79 Å². The highest BCUT2D eigenvalue weighted by molar-refractivity contribution is 5.79. The molecule has 4 nitrogen and oxygen atoms in total. The van der Waals surface area contributed by atoms with Gasteiger partial charge in [0.25, 0.3) is 0 Å². The van der Waals surface area contributed by atoms with Gasteiger partial charge in [-0.15, -0.1) is 0 Å². The number of rotatable bonds is 2. The normalized spacial score (nSPS) is 32.9. The highest BCUT2D eigenvalue weighted by Crippen LogP contribution is 2.09. The molecule has 0 aromatic carbocycles. The molecule has 4 heteroatoms. The minimum Gasteiger partial charge on any atom is -0.352 e. The predicted octanol–water partition coefficient (Wildman–Crippen LogP) is -0.536. The van der Waals surface area contributed by atoms with E-state index in [9.17, 15) is 4.79 Å². The van der Waals surface area contributed by atoms with Crippen molar-refractivity contribution < 1.29 is 4.79 Å². The van der Waals surface area contributed by atoms with Crippen molar-refractivity contribution in [3.8, 4) is 0 Å². The van der Waals surface area contributed by atoms with E-state index in [0.29, 0.717) is 6.04 Å². The van der Waals surface area contributed by atoms with E-state index in [1.807, 2.05) is 0 Å². The molecule has 0 aromatic heterocycles. The molecule has 2 saturated heterocycles. The van der Waals surface area contributed by atoms with Gasteiger partial charge in [-0.2, -0.15) is 0 Å². The Bertz CT molecular complexity index is 196. The Hall–Kier alpha value is -0.610. The highest BCUT2D eigenvalue weighted by atomic mass is 16.2. The smallest absolute Gasteiger partial charge is 0.224 e. The SMILES string of the molecule is O=C(N[C@@H]1CCCNC1)C1CCNC1. The van der Waals surface area contributed by atoms with Crippen LogP contribution in [0.1, 0.15) is 19.3 Å². The zero-order valence-electron chi connectivity index (χ0n) is 8.51. The number of piperidine rings is 1. The second-order valence-electron chi connectivity index (χ2n) is 4.24. The molecule has 0 spiro atoms. The second-order valence-corrected chi connectivity index (χ2v) is 4.24. The zero-order valence-corrected chi connectivity index (χ0v) is 8.51. The summed E-state index contributed by atoms with van der Waals surface area (Å²) in [6.45, 7) is 3.87. The van der Waals surface area contributed by atoms with Crippen molar-refractivity contribution in [3.05, 3.63) is 0 Å². The van der Waals surface area contributed by atoms with Crippen molar-refractivity contribution in [1.82, 2.24) is 16.0 Å². The lowest BCUT2D eigenvalue weighted by Crippen LogP contribution is -2.47. The summed E-state index contributed by atoms with van der Waals surface area (Å²) < 4.78 is 0. The van der Waals surface area contributed by atoms with E-state index in [-0.39, 0.29) is 11.8 Å². The van der Waals surface area contributed by atoms with E-state index in [1.54, 1.807) is 0 Å². The Kier molecular flexibility index (Phi) is 3.37. The maximum Gasteiger partial charge on any atom is 0.224 e. The van der Waals surface area contributed by atoms with Gasteiger partial charge < -0.3 is 16.0 Å². The van der Waals surface area contributed by atoms with Gasteiger partial charge in [0.15, 0.2) is 0 Å². The first-order valence-electron chi connectivity index (χ1n) is 5.58. The second kappa shape index (κ2) is 4.75. The molecule has 2 heterocycles. The number of carbonyl (C=O) groups is 1. The van der Waals surface area contributed by atoms with Gasteiger partial charge >= 0.3 is 0 Å². The van der Waals surface area contributed by atoms with E-state index < -0.39 is 0 Å². The summed E-state index contributed by atoms with van der Waals surface area (Å²) in [7, 11) is 0. The lowest BCUT2D eigenvalue weighted by atomic mass is 10.0. The summed E-state index contributed by atoms with van der Waals surface area (Å²) in [4.78, 5) is 11.7. The summed E-state index contributed by atoms with van der Waals surface area (Å²) in [6.07, 6.45) is 3.29. The van der Waals surface area contributed by atoms with Crippen molar-refractivity contribution in [2.45, 2.75) is 25.3 Å². The average molecular weight is 197 g/mol. The van der Waals surface area contributed by atoms with Crippen LogP contribution in [0.15, 0.2) is 0 Å². The number of hydrogen-bond donors (Lipinski definition) is 3. The Morgan fingerprint density at radius 2 is 2.00 bits per heavy atom. The van der Waals surface area contributed by atoms with Crippen LogP contribution in [0, 0.1) is 5.92 Å². The van der Waals surface area contributed by atoms with Crippen molar-refractivity contribution >= 4 is 5.91 Å². The third-order valence-electron chi connectivity index (χ3n) is 3.07. The molecule has 1 unspecified atom stereocenters. The van der Waals surface area contributed by atoms with Gasteiger partial charge in [-0.05, 0) is 32.4 Å². The summed E-state index contributed by atoms with van der Waals surface area (Å²) in [5.74, 6) is 0.445. The summed E-state index contributed by atoms with van der Waals surface area (Å²) in [6, 6.07) is 0.358. The average Bonchev–Trinajstić information content (AvgIpc) is 2.72. The molecule has 2 atom stereocenters. The summed E-state index contributed by atoms with van der Waals surface area (Å²) in [5, 5.41) is 9.63. The van der Waals surface area contributed by atoms with E-state index in [1.165, 1.54) is 6.42 Å². The molecule has 2 fully saturated rings. The fourth-order valence-electron chi connectivity index (χ4n) is 2.17. The third-order valence-corrected chi connectivity index (χ3v) is 3.07. The molecule has 0 aromatic rings. The molecule has 1 amide bonds. The van der Waals surface area contributed by atoms with Crippen LogP contribution in [-0.4, -0.2) is 38.1 Å². The standard InChI is InChI=1S/C10H19N3O/c14-10(8-3-5-12-6-8)13-9-2-1-4-11-7-9/h8-9,11-12H,1-7H2,(H,13,14)/t8?,9-/m1/s1. The molecular formula is C10H19N3O. The van der Waals surface area contributed by atoms with Crippen molar-refractivity contribution in [1.29, 1.82) is 0 Å². The van der Waals surface area contributed by atoms with Crippen LogP contribution < -0.4 is 16.0 Å². The number of carbonyl (C=O) groups excluding carboxylic acids is 1. The topological polar surface area (TPSA) is 53.2 Å². The van der Waals surface area contributed by atoms with Crippen molar-refractivity contribution in [3.63, 3.8) is 0 Å². The molecule has 0 aliphatic carbocycles. The van der Waals surface area contributed by atoms with Gasteiger partial charge in [0, 0.05) is 19.1 Å². The van der Waals surface area contributed by atoms with E-state index in [2.05, 4.69) is 16.0 Å². The Balaban J connectivity index is 1.75. The molecule has 2 rings (SSSR count). The van der Waals surface area contributed by atoms with Crippen LogP contribution in [0.4, 0.5) is 0 Å². The molecule has 0 saturated carbocycles. The minimum atomic E-state index is 0.205. The molecule has 0 bridgehead atoms. The maximum absolute atomic E-state index is 11.7. The molecule has 0 radical (unpaired) electrons. The summed E-state index contributed by atoms with van der Waals surface area (Å²) >= 11 is 0. The monoisotopic (exact) mass is 197 g/mol. The maximum atomic E-state index is 11.7. The van der Waals surface area contributed by atoms with E-state index >= 15 is 0 Å². The Morgan fingerprint density at radius 1 is 1.14 bits per heavy atom. The highest BCUT2D eigenvalue weighted by Gasteiger charge is 2.24. The fourth-order valence-corrected chi connectivity index (χ4v) is 2.17. The molecular weight excluding hydrogens is 178 g/mol. The number of nitrogens with one attached hydrogen (secondary N) is 3. The molecule has 80 valence electrons. The molecule has 14 heavy (non-hydrogen) atoms. The van der Waals surface area contributed by atoms with Crippen LogP contribution in [0.2, 0.25) is 0 Å². The first-order valence-corrected chi connectivity index (χ1v) is 5.58. The first kappa shape index (κ1) is 9.93. The third kappa shape index (κ3) is 2.45. The quantitative estimate of drug-likeness (QED) is 0.557. The van der Waals surface area contributed by atoms with Gasteiger partial charge in [0.1, 0.15) is 0 Å². The summed E-state index contributed by atoms with van der Waals surface area (Å²) in [5.41, 5.74) is 0. The number of amides is 1. The lowest BCUT2D eigenvalue weighted by molar-refractivity contribution is -0.125. The van der Waals surface area contributed by atoms with Crippen molar-refractivity contribution in [2.24, 2.45) is 5.92 Å². The minimum absolute atomic E-state index is 0.205. The van der Waals surface area contributed by atoms with Gasteiger partial charge in [0.05, 0.1) is 5.92 Å². The predicted molar refractivity (Wildman–Crippen MR) is 55.0 cm³/mol. The fraction of sp³-hybridized carbons (Fsp3) is 0.900. The van der Waals surface area contributed by atoms with Crippen LogP contribution >= 0.6 is 0 Å². The lowest BCUT2D eigenvalue weighted by Gasteiger charge is -2.25. The zero-order chi connectivity index (χ0) is 9.80. The van der Waals surface area contributed by atoms with E-state index in [4.69, 9.17) is 0 Å². The Morgan fingerprint density at radius 3 is 2.64 bits per heavy atom.